The first-order chi connectivity index (χ1) is 13.1. The lowest BCUT2D eigenvalue weighted by molar-refractivity contribution is -0.166. The van der Waals surface area contributed by atoms with E-state index in [4.69, 9.17) is 14.2 Å². The highest BCUT2D eigenvalue weighted by atomic mass is 16.6. The molecule has 28 heavy (non-hydrogen) atoms. The van der Waals surface area contributed by atoms with Gasteiger partial charge in [-0.1, -0.05) is 43.2 Å². The van der Waals surface area contributed by atoms with Crippen LogP contribution in [0.5, 0.6) is 0 Å². The van der Waals surface area contributed by atoms with E-state index in [-0.39, 0.29) is 23.9 Å². The van der Waals surface area contributed by atoms with E-state index in [1.54, 1.807) is 0 Å². The fourth-order valence-electron chi connectivity index (χ4n) is 3.57. The van der Waals surface area contributed by atoms with Crippen molar-refractivity contribution in [2.45, 2.75) is 96.7 Å². The monoisotopic (exact) mass is 392 g/mol. The van der Waals surface area contributed by atoms with E-state index in [1.165, 1.54) is 31.2 Å². The van der Waals surface area contributed by atoms with Gasteiger partial charge in [-0.05, 0) is 65.9 Å². The maximum absolute atomic E-state index is 10.9. The van der Waals surface area contributed by atoms with Crippen LogP contribution in [0.1, 0.15) is 78.9 Å². The Morgan fingerprint density at radius 2 is 1.43 bits per heavy atom. The molecule has 1 saturated carbocycles. The van der Waals surface area contributed by atoms with Crippen LogP contribution >= 0.6 is 0 Å². The maximum Gasteiger partial charge on any atom is 0.110 e. The van der Waals surface area contributed by atoms with Crippen molar-refractivity contribution >= 4 is 0 Å². The van der Waals surface area contributed by atoms with Crippen molar-refractivity contribution in [1.29, 1.82) is 0 Å². The minimum Gasteiger partial charge on any atom is -0.388 e. The third kappa shape index (κ3) is 8.20. The molecule has 1 aromatic carbocycles. The number of benzene rings is 1. The van der Waals surface area contributed by atoms with E-state index in [9.17, 15) is 5.11 Å². The average Bonchev–Trinajstić information content (AvgIpc) is 3.13. The summed E-state index contributed by atoms with van der Waals surface area (Å²) in [6.07, 6.45) is 3.62. The van der Waals surface area contributed by atoms with Crippen molar-refractivity contribution in [2.75, 3.05) is 13.2 Å². The molecule has 4 heteroatoms. The molecule has 0 saturated heterocycles. The summed E-state index contributed by atoms with van der Waals surface area (Å²) in [5.74, 6) is 0.482. The summed E-state index contributed by atoms with van der Waals surface area (Å²) in [7, 11) is 0. The molecule has 1 fully saturated rings. The largest absolute Gasteiger partial charge is 0.388 e. The Morgan fingerprint density at radius 1 is 0.893 bits per heavy atom. The fraction of sp³-hybridized carbons (Fsp3) is 0.750. The van der Waals surface area contributed by atoms with Crippen LogP contribution in [-0.4, -0.2) is 41.7 Å². The fourth-order valence-corrected chi connectivity index (χ4v) is 3.57. The molecule has 0 unspecified atom stereocenters. The normalized spacial score (nSPS) is 19.5. The molecule has 0 aliphatic heterocycles. The molecular formula is C24H40O4. The molecule has 0 radical (unpaired) electrons. The second kappa shape index (κ2) is 10.2. The molecular weight excluding hydrogens is 352 g/mol. The SMILES string of the molecule is CC(C)(C)OC[C@H](O[C@H](c1ccccc1)C1CCCC1)[C@@H](O)COC(C)(C)C. The molecule has 1 aliphatic carbocycles. The Morgan fingerprint density at radius 3 is 1.96 bits per heavy atom. The van der Waals surface area contributed by atoms with Gasteiger partial charge in [-0.3, -0.25) is 0 Å². The van der Waals surface area contributed by atoms with E-state index in [0.29, 0.717) is 12.5 Å². The quantitative estimate of drug-likeness (QED) is 0.620. The number of aliphatic hydroxyl groups is 1. The highest BCUT2D eigenvalue weighted by Crippen LogP contribution is 2.39. The van der Waals surface area contributed by atoms with Crippen LogP contribution in [0, 0.1) is 5.92 Å². The lowest BCUT2D eigenvalue weighted by Crippen LogP contribution is -2.42. The van der Waals surface area contributed by atoms with Gasteiger partial charge >= 0.3 is 0 Å². The standard InChI is InChI=1S/C24H40O4/c1-23(2,3)26-16-20(25)21(17-27-24(4,5)6)28-22(19-14-10-11-15-19)18-12-8-7-9-13-18/h7-9,12-13,19-22,25H,10-11,14-17H2,1-6H3/t20-,21-,22+/m0/s1. The van der Waals surface area contributed by atoms with Crippen LogP contribution in [0.3, 0.4) is 0 Å². The van der Waals surface area contributed by atoms with Crippen molar-refractivity contribution in [1.82, 2.24) is 0 Å². The van der Waals surface area contributed by atoms with Gasteiger partial charge < -0.3 is 19.3 Å². The van der Waals surface area contributed by atoms with E-state index in [0.717, 1.165) is 0 Å². The molecule has 4 nitrogen and oxygen atoms in total. The predicted octanol–water partition coefficient (Wildman–Crippen LogP) is 5.29. The summed E-state index contributed by atoms with van der Waals surface area (Å²) in [4.78, 5) is 0. The van der Waals surface area contributed by atoms with Crippen LogP contribution in [0.4, 0.5) is 0 Å². The Balaban J connectivity index is 2.15. The first-order valence-electron chi connectivity index (χ1n) is 10.7. The van der Waals surface area contributed by atoms with E-state index in [2.05, 4.69) is 24.3 Å². The lowest BCUT2D eigenvalue weighted by atomic mass is 9.94. The zero-order valence-corrected chi connectivity index (χ0v) is 18.6. The van der Waals surface area contributed by atoms with Crippen molar-refractivity contribution in [3.8, 4) is 0 Å². The highest BCUT2D eigenvalue weighted by molar-refractivity contribution is 5.18. The first kappa shape index (κ1) is 23.3. The third-order valence-electron chi connectivity index (χ3n) is 5.07. The minimum atomic E-state index is -0.741. The lowest BCUT2D eigenvalue weighted by Gasteiger charge is -2.34. The van der Waals surface area contributed by atoms with E-state index < -0.39 is 12.2 Å². The highest BCUT2D eigenvalue weighted by Gasteiger charge is 2.33. The van der Waals surface area contributed by atoms with Gasteiger partial charge in [0.1, 0.15) is 12.2 Å². The van der Waals surface area contributed by atoms with Gasteiger partial charge in [0.2, 0.25) is 0 Å². The first-order valence-corrected chi connectivity index (χ1v) is 10.7. The molecule has 0 bridgehead atoms. The van der Waals surface area contributed by atoms with Gasteiger partial charge in [0.15, 0.2) is 0 Å². The van der Waals surface area contributed by atoms with E-state index >= 15 is 0 Å². The van der Waals surface area contributed by atoms with Gasteiger partial charge in [-0.15, -0.1) is 0 Å². The van der Waals surface area contributed by atoms with Gasteiger partial charge in [-0.2, -0.15) is 0 Å². The second-order valence-electron chi connectivity index (χ2n) is 9.96. The third-order valence-corrected chi connectivity index (χ3v) is 5.07. The van der Waals surface area contributed by atoms with Crippen LogP contribution in [0.15, 0.2) is 30.3 Å². The van der Waals surface area contributed by atoms with Gasteiger partial charge in [0, 0.05) is 0 Å². The van der Waals surface area contributed by atoms with E-state index in [1.807, 2.05) is 47.6 Å². The molecule has 0 aromatic heterocycles. The molecule has 1 N–H and O–H groups in total. The topological polar surface area (TPSA) is 47.9 Å². The second-order valence-corrected chi connectivity index (χ2v) is 9.96. The van der Waals surface area contributed by atoms with Crippen LogP contribution in [0.2, 0.25) is 0 Å². The van der Waals surface area contributed by atoms with Crippen molar-refractivity contribution in [3.63, 3.8) is 0 Å². The number of hydrogen-bond acceptors (Lipinski definition) is 4. The Labute approximate surface area is 171 Å². The van der Waals surface area contributed by atoms with Gasteiger partial charge in [-0.25, -0.2) is 0 Å². The zero-order chi connectivity index (χ0) is 20.8. The summed E-state index contributed by atoms with van der Waals surface area (Å²) in [5.41, 5.74) is 0.585. The molecule has 1 aromatic rings. The van der Waals surface area contributed by atoms with Crippen molar-refractivity contribution in [3.05, 3.63) is 35.9 Å². The maximum atomic E-state index is 10.9. The van der Waals surface area contributed by atoms with Crippen molar-refractivity contribution in [2.24, 2.45) is 5.92 Å². The van der Waals surface area contributed by atoms with Crippen LogP contribution in [0.25, 0.3) is 0 Å². The molecule has 0 spiro atoms. The van der Waals surface area contributed by atoms with Gasteiger partial charge in [0.25, 0.3) is 0 Å². The Kier molecular flexibility index (Phi) is 8.50. The minimum absolute atomic E-state index is 0.0263. The summed E-state index contributed by atoms with van der Waals surface area (Å²) < 4.78 is 18.4. The molecule has 3 atom stereocenters. The van der Waals surface area contributed by atoms with Crippen molar-refractivity contribution < 1.29 is 19.3 Å². The average molecular weight is 393 g/mol. The van der Waals surface area contributed by atoms with Crippen LogP contribution in [-0.2, 0) is 14.2 Å². The molecule has 2 rings (SSSR count). The summed E-state index contributed by atoms with van der Waals surface area (Å²) in [5, 5.41) is 10.9. The molecule has 0 heterocycles. The molecule has 0 amide bonds. The molecule has 160 valence electrons. The summed E-state index contributed by atoms with van der Waals surface area (Å²) in [6.45, 7) is 12.6. The van der Waals surface area contributed by atoms with Crippen LogP contribution < -0.4 is 0 Å². The molecule has 1 aliphatic rings. The Bertz CT molecular complexity index is 552. The number of ether oxygens (including phenoxy) is 3. The number of aliphatic hydroxyl groups excluding tert-OH is 1. The summed E-state index contributed by atoms with van der Waals surface area (Å²) >= 11 is 0. The predicted molar refractivity (Wildman–Crippen MR) is 113 cm³/mol. The summed E-state index contributed by atoms with van der Waals surface area (Å²) in [6, 6.07) is 10.4. The number of hydrogen-bond donors (Lipinski definition) is 1. The smallest absolute Gasteiger partial charge is 0.110 e. The number of rotatable bonds is 9. The zero-order valence-electron chi connectivity index (χ0n) is 18.6. The Hall–Kier alpha value is -0.940. The van der Waals surface area contributed by atoms with Gasteiger partial charge in [0.05, 0.1) is 30.5 Å².